The minimum Gasteiger partial charge on any atom is -0.496 e. The molecule has 47 heavy (non-hydrogen) atoms. The second-order valence-electron chi connectivity index (χ2n) is 12.2. The van der Waals surface area contributed by atoms with Gasteiger partial charge in [0.1, 0.15) is 18.3 Å². The molecule has 0 aliphatic rings. The predicted molar refractivity (Wildman–Crippen MR) is 190 cm³/mol. The number of aryl methyl sites for hydroxylation is 1. The first-order valence-corrected chi connectivity index (χ1v) is 17.6. The number of nitrogens with one attached hydrogen (secondary N) is 1. The molecule has 11 heteroatoms. The zero-order valence-electron chi connectivity index (χ0n) is 27.0. The Labute approximate surface area is 290 Å². The third-order valence-corrected chi connectivity index (χ3v) is 9.99. The Hall–Kier alpha value is -3.86. The van der Waals surface area contributed by atoms with Gasteiger partial charge in [-0.1, -0.05) is 71.8 Å². The van der Waals surface area contributed by atoms with Crippen LogP contribution in [-0.2, 0) is 32.6 Å². The number of hydrogen-bond acceptors (Lipinski definition) is 5. The molecule has 1 N–H and O–H groups in total. The summed E-state index contributed by atoms with van der Waals surface area (Å²) in [6.45, 7) is 6.99. The Morgan fingerprint density at radius 2 is 1.55 bits per heavy atom. The van der Waals surface area contributed by atoms with E-state index in [4.69, 9.17) is 16.3 Å². The van der Waals surface area contributed by atoms with Crippen LogP contribution in [0.25, 0.3) is 0 Å². The number of rotatable bonds is 12. The first-order chi connectivity index (χ1) is 22.2. The van der Waals surface area contributed by atoms with Crippen molar-refractivity contribution in [1.29, 1.82) is 0 Å². The molecule has 0 spiro atoms. The Balaban J connectivity index is 1.82. The van der Waals surface area contributed by atoms with Gasteiger partial charge in [0.2, 0.25) is 11.8 Å². The molecule has 0 saturated heterocycles. The normalized spacial score (nSPS) is 12.2. The van der Waals surface area contributed by atoms with Crippen molar-refractivity contribution in [3.05, 3.63) is 123 Å². The molecular formula is C36H39BrClN3O5S. The number of methoxy groups -OCH3 is 1. The number of halogens is 2. The maximum Gasteiger partial charge on any atom is 0.264 e. The SMILES string of the molecule is COc1ccc(S(=O)(=O)N(CC(=O)N(Cc2ccc(Cl)cc2)[C@@H](Cc2ccccc2)C(=O)NC(C)(C)C)c2ccc(C)cc2)cc1Br. The molecule has 0 fully saturated rings. The highest BCUT2D eigenvalue weighted by atomic mass is 79.9. The van der Waals surface area contributed by atoms with Gasteiger partial charge in [-0.25, -0.2) is 8.42 Å². The van der Waals surface area contributed by atoms with Gasteiger partial charge in [-0.15, -0.1) is 0 Å². The third-order valence-electron chi connectivity index (χ3n) is 7.35. The van der Waals surface area contributed by atoms with Gasteiger partial charge in [-0.05, 0) is 97.2 Å². The fourth-order valence-corrected chi connectivity index (χ4v) is 7.23. The second-order valence-corrected chi connectivity index (χ2v) is 15.4. The number of benzene rings is 4. The van der Waals surface area contributed by atoms with Crippen LogP contribution in [0.5, 0.6) is 5.75 Å². The largest absolute Gasteiger partial charge is 0.496 e. The molecule has 8 nitrogen and oxygen atoms in total. The van der Waals surface area contributed by atoms with E-state index in [-0.39, 0.29) is 23.8 Å². The molecule has 0 unspecified atom stereocenters. The van der Waals surface area contributed by atoms with E-state index in [1.165, 1.54) is 24.1 Å². The molecular weight excluding hydrogens is 702 g/mol. The summed E-state index contributed by atoms with van der Waals surface area (Å²) in [6.07, 6.45) is 0.213. The number of carbonyl (C=O) groups is 2. The summed E-state index contributed by atoms with van der Waals surface area (Å²) in [6, 6.07) is 26.8. The van der Waals surface area contributed by atoms with Crippen LogP contribution in [-0.4, -0.2) is 50.4 Å². The van der Waals surface area contributed by atoms with Crippen LogP contribution in [0.3, 0.4) is 0 Å². The highest BCUT2D eigenvalue weighted by molar-refractivity contribution is 9.10. The van der Waals surface area contributed by atoms with Crippen LogP contribution in [0.4, 0.5) is 5.69 Å². The minimum atomic E-state index is -4.27. The molecule has 248 valence electrons. The second kappa shape index (κ2) is 15.4. The van der Waals surface area contributed by atoms with Crippen LogP contribution < -0.4 is 14.4 Å². The number of sulfonamides is 1. The number of carbonyl (C=O) groups excluding carboxylic acids is 2. The van der Waals surface area contributed by atoms with E-state index in [2.05, 4.69) is 21.2 Å². The molecule has 0 radical (unpaired) electrons. The van der Waals surface area contributed by atoms with Crippen LogP contribution in [0.1, 0.15) is 37.5 Å². The van der Waals surface area contributed by atoms with Crippen molar-refractivity contribution < 1.29 is 22.7 Å². The lowest BCUT2D eigenvalue weighted by Gasteiger charge is -2.35. The minimum absolute atomic E-state index is 0.0332. The zero-order chi connectivity index (χ0) is 34.4. The quantitative estimate of drug-likeness (QED) is 0.166. The summed E-state index contributed by atoms with van der Waals surface area (Å²) in [5.41, 5.74) is 2.23. The summed E-state index contributed by atoms with van der Waals surface area (Å²) in [5, 5.41) is 3.56. The summed E-state index contributed by atoms with van der Waals surface area (Å²) in [7, 11) is -2.78. The van der Waals surface area contributed by atoms with Crippen LogP contribution in [0.15, 0.2) is 106 Å². The van der Waals surface area contributed by atoms with Crippen LogP contribution in [0.2, 0.25) is 5.02 Å². The maximum absolute atomic E-state index is 14.6. The van der Waals surface area contributed by atoms with E-state index >= 15 is 0 Å². The highest BCUT2D eigenvalue weighted by Crippen LogP contribution is 2.31. The lowest BCUT2D eigenvalue weighted by Crippen LogP contribution is -2.56. The van der Waals surface area contributed by atoms with Gasteiger partial charge in [0.05, 0.1) is 22.2 Å². The van der Waals surface area contributed by atoms with Gasteiger partial charge >= 0.3 is 0 Å². The molecule has 1 atom stereocenters. The fourth-order valence-electron chi connectivity index (χ4n) is 4.97. The van der Waals surface area contributed by atoms with E-state index in [1.54, 1.807) is 54.6 Å². The van der Waals surface area contributed by atoms with Crippen molar-refractivity contribution in [2.45, 2.75) is 57.1 Å². The van der Waals surface area contributed by atoms with E-state index in [1.807, 2.05) is 58.0 Å². The molecule has 0 aromatic heterocycles. The summed E-state index contributed by atoms with van der Waals surface area (Å²) in [4.78, 5) is 30.0. The first kappa shape index (κ1) is 36.0. The van der Waals surface area contributed by atoms with Crippen molar-refractivity contribution in [3.8, 4) is 5.75 Å². The fraction of sp³-hybridized carbons (Fsp3) is 0.278. The smallest absolute Gasteiger partial charge is 0.264 e. The lowest BCUT2D eigenvalue weighted by atomic mass is 10.0. The average molecular weight is 741 g/mol. The lowest BCUT2D eigenvalue weighted by molar-refractivity contribution is -0.140. The Bertz CT molecular complexity index is 1800. The van der Waals surface area contributed by atoms with Gasteiger partial charge in [-0.3, -0.25) is 13.9 Å². The van der Waals surface area contributed by atoms with Crippen molar-refractivity contribution in [1.82, 2.24) is 10.2 Å². The molecule has 0 heterocycles. The van der Waals surface area contributed by atoms with Gasteiger partial charge in [0, 0.05) is 23.5 Å². The topological polar surface area (TPSA) is 96.0 Å². The third kappa shape index (κ3) is 9.59. The van der Waals surface area contributed by atoms with Crippen LogP contribution >= 0.6 is 27.5 Å². The van der Waals surface area contributed by atoms with Gasteiger partial charge in [0.15, 0.2) is 0 Å². The monoisotopic (exact) mass is 739 g/mol. The standard InChI is InChI=1S/C36H39BrClN3O5S/c1-25-11-17-29(18-12-25)41(47(44,45)30-19-20-33(46-5)31(37)22-30)24-34(42)40(23-27-13-15-28(38)16-14-27)32(35(43)39-36(2,3)4)21-26-9-7-6-8-10-26/h6-20,22,32H,21,23-24H2,1-5H3,(H,39,43)/t32-/m0/s1. The Kier molecular flexibility index (Phi) is 11.8. The summed E-state index contributed by atoms with van der Waals surface area (Å²) >= 11 is 9.55. The first-order valence-electron chi connectivity index (χ1n) is 15.0. The van der Waals surface area contributed by atoms with E-state index in [0.717, 1.165) is 21.0 Å². The van der Waals surface area contributed by atoms with E-state index < -0.39 is 34.1 Å². The number of anilines is 1. The summed E-state index contributed by atoms with van der Waals surface area (Å²) in [5.74, 6) is -0.446. The molecule has 0 saturated carbocycles. The number of ether oxygens (including phenoxy) is 1. The number of amides is 2. The zero-order valence-corrected chi connectivity index (χ0v) is 30.2. The highest BCUT2D eigenvalue weighted by Gasteiger charge is 2.35. The van der Waals surface area contributed by atoms with Crippen molar-refractivity contribution in [3.63, 3.8) is 0 Å². The number of hydrogen-bond donors (Lipinski definition) is 1. The molecule has 0 bridgehead atoms. The van der Waals surface area contributed by atoms with Gasteiger partial charge < -0.3 is 15.0 Å². The van der Waals surface area contributed by atoms with Gasteiger partial charge in [-0.2, -0.15) is 0 Å². The molecule has 0 aliphatic heterocycles. The molecule has 4 rings (SSSR count). The number of nitrogens with zero attached hydrogens (tertiary/aromatic N) is 2. The molecule has 4 aromatic rings. The average Bonchev–Trinajstić information content (AvgIpc) is 3.02. The van der Waals surface area contributed by atoms with Crippen LogP contribution in [0, 0.1) is 6.92 Å². The predicted octanol–water partition coefficient (Wildman–Crippen LogP) is 7.17. The maximum atomic E-state index is 14.6. The Morgan fingerprint density at radius 1 is 0.915 bits per heavy atom. The molecule has 0 aliphatic carbocycles. The van der Waals surface area contributed by atoms with Crippen molar-refractivity contribution >= 4 is 55.1 Å². The van der Waals surface area contributed by atoms with E-state index in [9.17, 15) is 18.0 Å². The van der Waals surface area contributed by atoms with Crippen molar-refractivity contribution in [2.24, 2.45) is 0 Å². The van der Waals surface area contributed by atoms with Crippen molar-refractivity contribution in [2.75, 3.05) is 18.0 Å². The molecule has 4 aromatic carbocycles. The van der Waals surface area contributed by atoms with Gasteiger partial charge in [0.25, 0.3) is 10.0 Å². The Morgan fingerprint density at radius 3 is 2.13 bits per heavy atom. The van der Waals surface area contributed by atoms with E-state index in [0.29, 0.717) is 20.9 Å². The summed E-state index contributed by atoms with van der Waals surface area (Å²) < 4.78 is 35.4. The molecule has 2 amide bonds.